The Hall–Kier alpha value is -2.09. The first-order valence-corrected chi connectivity index (χ1v) is 8.06. The van der Waals surface area contributed by atoms with Crippen LogP contribution in [-0.4, -0.2) is 66.2 Å². The molecular weight excluding hydrogens is 298 g/mol. The Kier molecular flexibility index (Phi) is 6.40. The van der Waals surface area contributed by atoms with Gasteiger partial charge >= 0.3 is 6.03 Å². The minimum Gasteiger partial charge on any atom is -0.360 e. The van der Waals surface area contributed by atoms with Crippen LogP contribution in [-0.2, 0) is 4.79 Å². The topological polar surface area (TPSA) is 90.7 Å². The van der Waals surface area contributed by atoms with Crippen LogP contribution in [0.3, 0.4) is 0 Å². The first kappa shape index (κ1) is 17.3. The molecule has 1 saturated heterocycles. The van der Waals surface area contributed by atoms with Gasteiger partial charge in [-0.1, -0.05) is 12.1 Å². The number of nitrogens with zero attached hydrogens (tertiary/aromatic N) is 3. The fraction of sp³-hybridized carbons (Fsp3) is 0.667. The van der Waals surface area contributed by atoms with Gasteiger partial charge in [-0.2, -0.15) is 0 Å². The van der Waals surface area contributed by atoms with Crippen LogP contribution in [0.2, 0.25) is 0 Å². The summed E-state index contributed by atoms with van der Waals surface area (Å²) in [4.78, 5) is 27.7. The maximum absolute atomic E-state index is 11.9. The third-order valence-electron chi connectivity index (χ3n) is 3.74. The molecule has 2 N–H and O–H groups in total. The van der Waals surface area contributed by atoms with E-state index >= 15 is 0 Å². The van der Waals surface area contributed by atoms with Crippen molar-refractivity contribution in [3.8, 4) is 0 Å². The maximum atomic E-state index is 11.9. The Morgan fingerprint density at radius 1 is 1.30 bits per heavy atom. The van der Waals surface area contributed by atoms with Crippen molar-refractivity contribution in [1.29, 1.82) is 0 Å². The van der Waals surface area contributed by atoms with E-state index in [4.69, 9.17) is 4.52 Å². The van der Waals surface area contributed by atoms with E-state index in [0.717, 1.165) is 19.5 Å². The number of aromatic nitrogens is 1. The van der Waals surface area contributed by atoms with E-state index in [9.17, 15) is 9.59 Å². The lowest BCUT2D eigenvalue weighted by Gasteiger charge is -2.34. The van der Waals surface area contributed by atoms with Gasteiger partial charge in [0.2, 0.25) is 5.91 Å². The number of carbonyl (C=O) groups is 2. The van der Waals surface area contributed by atoms with E-state index < -0.39 is 0 Å². The summed E-state index contributed by atoms with van der Waals surface area (Å²) in [5.41, 5.74) is 0. The molecule has 0 spiro atoms. The van der Waals surface area contributed by atoms with Gasteiger partial charge in [0.05, 0.1) is 0 Å². The average Bonchev–Trinajstić information content (AvgIpc) is 2.96. The van der Waals surface area contributed by atoms with Crippen molar-refractivity contribution in [2.45, 2.75) is 26.7 Å². The standard InChI is InChI=1S/C15H25N5O3/c1-3-5-16-15(22)20-9-7-19(8-10-20)6-4-14(21)17-13-11-12(2)23-18-13/h11H,3-10H2,1-2H3,(H,16,22)(H,17,18,21). The molecular formula is C15H25N5O3. The van der Waals surface area contributed by atoms with Gasteiger partial charge in [0.15, 0.2) is 5.82 Å². The number of amides is 3. The highest BCUT2D eigenvalue weighted by molar-refractivity contribution is 5.89. The predicted octanol–water partition coefficient (Wildman–Crippen LogP) is 1.05. The Balaban J connectivity index is 1.64. The number of hydrogen-bond acceptors (Lipinski definition) is 5. The minimum atomic E-state index is -0.0820. The third-order valence-corrected chi connectivity index (χ3v) is 3.74. The van der Waals surface area contributed by atoms with Crippen LogP contribution in [0.15, 0.2) is 10.6 Å². The molecule has 0 aliphatic carbocycles. The van der Waals surface area contributed by atoms with Crippen molar-refractivity contribution in [3.63, 3.8) is 0 Å². The first-order valence-electron chi connectivity index (χ1n) is 8.06. The second kappa shape index (κ2) is 8.52. The number of aryl methyl sites for hydroxylation is 1. The zero-order valence-corrected chi connectivity index (χ0v) is 13.8. The zero-order chi connectivity index (χ0) is 16.7. The fourth-order valence-corrected chi connectivity index (χ4v) is 2.41. The number of rotatable bonds is 6. The first-order chi connectivity index (χ1) is 11.1. The smallest absolute Gasteiger partial charge is 0.317 e. The van der Waals surface area contributed by atoms with Gasteiger partial charge in [-0.3, -0.25) is 9.69 Å². The average molecular weight is 323 g/mol. The molecule has 3 amide bonds. The summed E-state index contributed by atoms with van der Waals surface area (Å²) in [6, 6.07) is 1.69. The normalized spacial score (nSPS) is 15.5. The Morgan fingerprint density at radius 2 is 2.04 bits per heavy atom. The molecule has 2 rings (SSSR count). The van der Waals surface area contributed by atoms with Crippen LogP contribution in [0.25, 0.3) is 0 Å². The summed E-state index contributed by atoms with van der Waals surface area (Å²) in [5.74, 6) is 1.03. The molecule has 1 aliphatic rings. The number of anilines is 1. The molecule has 1 aromatic heterocycles. The molecule has 8 nitrogen and oxygen atoms in total. The second-order valence-corrected chi connectivity index (χ2v) is 5.68. The number of carbonyl (C=O) groups excluding carboxylic acids is 2. The van der Waals surface area contributed by atoms with E-state index in [0.29, 0.717) is 44.2 Å². The van der Waals surface area contributed by atoms with Crippen molar-refractivity contribution in [1.82, 2.24) is 20.3 Å². The number of urea groups is 1. The fourth-order valence-electron chi connectivity index (χ4n) is 2.41. The number of piperazine rings is 1. The van der Waals surface area contributed by atoms with Crippen molar-refractivity contribution < 1.29 is 14.1 Å². The van der Waals surface area contributed by atoms with Gasteiger partial charge in [0.25, 0.3) is 0 Å². The largest absolute Gasteiger partial charge is 0.360 e. The van der Waals surface area contributed by atoms with Crippen LogP contribution < -0.4 is 10.6 Å². The molecule has 128 valence electrons. The van der Waals surface area contributed by atoms with Gasteiger partial charge < -0.3 is 20.1 Å². The van der Waals surface area contributed by atoms with Crippen molar-refractivity contribution in [2.75, 3.05) is 44.6 Å². The molecule has 0 radical (unpaired) electrons. The lowest BCUT2D eigenvalue weighted by Crippen LogP contribution is -2.52. The molecule has 23 heavy (non-hydrogen) atoms. The maximum Gasteiger partial charge on any atom is 0.317 e. The molecule has 0 bridgehead atoms. The summed E-state index contributed by atoms with van der Waals surface area (Å²) < 4.78 is 4.90. The van der Waals surface area contributed by atoms with Gasteiger partial charge in [0, 0.05) is 51.8 Å². The monoisotopic (exact) mass is 323 g/mol. The SMILES string of the molecule is CCCNC(=O)N1CCN(CCC(=O)Nc2cc(C)on2)CC1. The lowest BCUT2D eigenvalue weighted by molar-refractivity contribution is -0.116. The predicted molar refractivity (Wildman–Crippen MR) is 86.2 cm³/mol. The van der Waals surface area contributed by atoms with E-state index in [-0.39, 0.29) is 11.9 Å². The molecule has 1 fully saturated rings. The van der Waals surface area contributed by atoms with Crippen molar-refractivity contribution in [2.24, 2.45) is 0 Å². The quantitative estimate of drug-likeness (QED) is 0.816. The molecule has 0 unspecified atom stereocenters. The Labute approximate surface area is 136 Å². The van der Waals surface area contributed by atoms with Crippen LogP contribution in [0.1, 0.15) is 25.5 Å². The van der Waals surface area contributed by atoms with Crippen molar-refractivity contribution in [3.05, 3.63) is 11.8 Å². The van der Waals surface area contributed by atoms with E-state index in [1.807, 2.05) is 11.8 Å². The summed E-state index contributed by atoms with van der Waals surface area (Å²) in [6.07, 6.45) is 1.33. The lowest BCUT2D eigenvalue weighted by atomic mass is 10.3. The highest BCUT2D eigenvalue weighted by Crippen LogP contribution is 2.08. The van der Waals surface area contributed by atoms with Gasteiger partial charge in [-0.05, 0) is 13.3 Å². The van der Waals surface area contributed by atoms with E-state index in [1.54, 1.807) is 13.0 Å². The highest BCUT2D eigenvalue weighted by atomic mass is 16.5. The molecule has 1 aliphatic heterocycles. The molecule has 0 aromatic carbocycles. The summed E-state index contributed by atoms with van der Waals surface area (Å²) >= 11 is 0. The molecule has 8 heteroatoms. The minimum absolute atomic E-state index is 0.00523. The zero-order valence-electron chi connectivity index (χ0n) is 13.8. The Bertz CT molecular complexity index is 523. The van der Waals surface area contributed by atoms with Gasteiger partial charge in [0.1, 0.15) is 5.76 Å². The van der Waals surface area contributed by atoms with E-state index in [1.165, 1.54) is 0 Å². The molecule has 0 atom stereocenters. The van der Waals surface area contributed by atoms with Gasteiger partial charge in [-0.15, -0.1) is 0 Å². The highest BCUT2D eigenvalue weighted by Gasteiger charge is 2.21. The van der Waals surface area contributed by atoms with E-state index in [2.05, 4.69) is 20.7 Å². The number of nitrogens with one attached hydrogen (secondary N) is 2. The molecule has 2 heterocycles. The van der Waals surface area contributed by atoms with Crippen molar-refractivity contribution >= 4 is 17.8 Å². The van der Waals surface area contributed by atoms with Gasteiger partial charge in [-0.25, -0.2) is 4.79 Å². The van der Waals surface area contributed by atoms with Crippen LogP contribution in [0, 0.1) is 6.92 Å². The van der Waals surface area contributed by atoms with Crippen LogP contribution >= 0.6 is 0 Å². The number of hydrogen-bond donors (Lipinski definition) is 2. The Morgan fingerprint density at radius 3 is 2.65 bits per heavy atom. The van der Waals surface area contributed by atoms with Crippen LogP contribution in [0.4, 0.5) is 10.6 Å². The summed E-state index contributed by atoms with van der Waals surface area (Å²) in [6.45, 7) is 8.15. The molecule has 0 saturated carbocycles. The molecule has 1 aromatic rings. The summed E-state index contributed by atoms with van der Waals surface area (Å²) in [5, 5.41) is 9.33. The van der Waals surface area contributed by atoms with Crippen LogP contribution in [0.5, 0.6) is 0 Å². The second-order valence-electron chi connectivity index (χ2n) is 5.68. The summed E-state index contributed by atoms with van der Waals surface area (Å²) in [7, 11) is 0. The third kappa shape index (κ3) is 5.55.